The zero-order chi connectivity index (χ0) is 17.5. The monoisotopic (exact) mass is 327 g/mol. The van der Waals surface area contributed by atoms with Crippen molar-refractivity contribution in [2.75, 3.05) is 18.5 Å². The molecule has 0 atom stereocenters. The van der Waals surface area contributed by atoms with E-state index in [9.17, 15) is 9.59 Å². The molecule has 0 aliphatic heterocycles. The van der Waals surface area contributed by atoms with Crippen molar-refractivity contribution in [3.8, 4) is 5.75 Å². The van der Waals surface area contributed by atoms with Gasteiger partial charge in [-0.2, -0.15) is 0 Å². The number of carbonyl (C=O) groups excluding carboxylic acids is 2. The van der Waals surface area contributed by atoms with Gasteiger partial charge in [0.25, 0.3) is 5.91 Å². The minimum absolute atomic E-state index is 0.236. The molecule has 5 heteroatoms. The predicted molar refractivity (Wildman–Crippen MR) is 92.2 cm³/mol. The SMILES string of the molecule is Cc1ccc(OCC(=O)OCC(=O)Nc2cc(C)ccc2C)cc1. The van der Waals surface area contributed by atoms with Crippen LogP contribution in [0.4, 0.5) is 5.69 Å². The summed E-state index contributed by atoms with van der Waals surface area (Å²) in [5.74, 6) is -0.392. The molecule has 0 aromatic heterocycles. The van der Waals surface area contributed by atoms with Gasteiger partial charge in [-0.1, -0.05) is 29.8 Å². The number of ether oxygens (including phenoxy) is 2. The molecule has 0 bridgehead atoms. The summed E-state index contributed by atoms with van der Waals surface area (Å²) < 4.78 is 10.2. The lowest BCUT2D eigenvalue weighted by Gasteiger charge is -2.10. The number of rotatable bonds is 6. The van der Waals surface area contributed by atoms with E-state index in [0.717, 1.165) is 16.7 Å². The van der Waals surface area contributed by atoms with Gasteiger partial charge in [-0.15, -0.1) is 0 Å². The molecule has 1 N–H and O–H groups in total. The maximum atomic E-state index is 11.9. The highest BCUT2D eigenvalue weighted by Crippen LogP contribution is 2.16. The molecule has 0 spiro atoms. The molecule has 0 unspecified atom stereocenters. The van der Waals surface area contributed by atoms with Gasteiger partial charge in [0.05, 0.1) is 0 Å². The Morgan fingerprint density at radius 1 is 0.917 bits per heavy atom. The number of hydrogen-bond acceptors (Lipinski definition) is 4. The number of amides is 1. The predicted octanol–water partition coefficient (Wildman–Crippen LogP) is 3.17. The molecule has 0 aliphatic carbocycles. The highest BCUT2D eigenvalue weighted by molar-refractivity contribution is 5.93. The van der Waals surface area contributed by atoms with Crippen LogP contribution in [0.25, 0.3) is 0 Å². The largest absolute Gasteiger partial charge is 0.482 e. The Kier molecular flexibility index (Phi) is 5.95. The molecule has 2 rings (SSSR count). The lowest BCUT2D eigenvalue weighted by Crippen LogP contribution is -2.24. The summed E-state index contributed by atoms with van der Waals surface area (Å²) in [6, 6.07) is 13.1. The van der Waals surface area contributed by atoms with E-state index in [4.69, 9.17) is 9.47 Å². The van der Waals surface area contributed by atoms with E-state index < -0.39 is 5.97 Å². The molecule has 0 heterocycles. The Labute approximate surface area is 141 Å². The average molecular weight is 327 g/mol. The Hall–Kier alpha value is -2.82. The van der Waals surface area contributed by atoms with E-state index in [0.29, 0.717) is 11.4 Å². The fourth-order valence-electron chi connectivity index (χ4n) is 2.02. The molecular formula is C19H21NO4. The third-order valence-electron chi connectivity index (χ3n) is 3.41. The van der Waals surface area contributed by atoms with Gasteiger partial charge in [0.1, 0.15) is 5.75 Å². The first kappa shape index (κ1) is 17.5. The van der Waals surface area contributed by atoms with Crippen LogP contribution in [0.5, 0.6) is 5.75 Å². The van der Waals surface area contributed by atoms with E-state index in [-0.39, 0.29) is 19.1 Å². The van der Waals surface area contributed by atoms with Gasteiger partial charge in [0, 0.05) is 5.69 Å². The summed E-state index contributed by atoms with van der Waals surface area (Å²) >= 11 is 0. The minimum atomic E-state index is -0.591. The molecule has 5 nitrogen and oxygen atoms in total. The van der Waals surface area contributed by atoms with Gasteiger partial charge in [-0.25, -0.2) is 4.79 Å². The molecule has 0 fully saturated rings. The first-order valence-electron chi connectivity index (χ1n) is 7.66. The standard InChI is InChI=1S/C19H21NO4/c1-13-5-8-16(9-6-13)23-12-19(22)24-11-18(21)20-17-10-14(2)4-7-15(17)3/h4-10H,11-12H2,1-3H3,(H,20,21). The Bertz CT molecular complexity index is 723. The van der Waals surface area contributed by atoms with E-state index in [1.807, 2.05) is 51.1 Å². The lowest BCUT2D eigenvalue weighted by molar-refractivity contribution is -0.149. The molecule has 0 radical (unpaired) electrons. The van der Waals surface area contributed by atoms with Crippen LogP contribution in [0, 0.1) is 20.8 Å². The summed E-state index contributed by atoms with van der Waals surface area (Å²) in [7, 11) is 0. The van der Waals surface area contributed by atoms with Crippen molar-refractivity contribution in [1.29, 1.82) is 0 Å². The van der Waals surface area contributed by atoms with Crippen LogP contribution in [0.2, 0.25) is 0 Å². The van der Waals surface area contributed by atoms with Crippen LogP contribution < -0.4 is 10.1 Å². The van der Waals surface area contributed by atoms with Crippen molar-refractivity contribution in [2.24, 2.45) is 0 Å². The molecule has 0 saturated heterocycles. The molecule has 2 aromatic carbocycles. The second kappa shape index (κ2) is 8.15. The van der Waals surface area contributed by atoms with Gasteiger partial charge in [-0.05, 0) is 50.1 Å². The third-order valence-corrected chi connectivity index (χ3v) is 3.41. The quantitative estimate of drug-likeness (QED) is 0.828. The molecule has 24 heavy (non-hydrogen) atoms. The maximum absolute atomic E-state index is 11.9. The Morgan fingerprint density at radius 2 is 1.58 bits per heavy atom. The van der Waals surface area contributed by atoms with Crippen LogP contribution in [-0.4, -0.2) is 25.1 Å². The van der Waals surface area contributed by atoms with Crippen molar-refractivity contribution in [1.82, 2.24) is 0 Å². The summed E-state index contributed by atoms with van der Waals surface area (Å²) in [6.45, 7) is 5.23. The second-order valence-corrected chi connectivity index (χ2v) is 5.63. The Morgan fingerprint density at radius 3 is 2.29 bits per heavy atom. The fraction of sp³-hybridized carbons (Fsp3) is 0.263. The van der Waals surface area contributed by atoms with E-state index >= 15 is 0 Å². The van der Waals surface area contributed by atoms with E-state index in [1.165, 1.54) is 0 Å². The van der Waals surface area contributed by atoms with Gasteiger partial charge in [-0.3, -0.25) is 4.79 Å². The number of benzene rings is 2. The summed E-state index contributed by atoms with van der Waals surface area (Å²) in [4.78, 5) is 23.5. The van der Waals surface area contributed by atoms with Crippen LogP contribution in [0.3, 0.4) is 0 Å². The smallest absolute Gasteiger partial charge is 0.344 e. The van der Waals surface area contributed by atoms with Crippen LogP contribution in [0.15, 0.2) is 42.5 Å². The van der Waals surface area contributed by atoms with Crippen LogP contribution in [0.1, 0.15) is 16.7 Å². The van der Waals surface area contributed by atoms with Gasteiger partial charge < -0.3 is 14.8 Å². The Balaban J connectivity index is 1.75. The lowest BCUT2D eigenvalue weighted by atomic mass is 10.1. The first-order valence-corrected chi connectivity index (χ1v) is 7.66. The molecule has 0 saturated carbocycles. The highest BCUT2D eigenvalue weighted by atomic mass is 16.6. The molecule has 2 aromatic rings. The van der Waals surface area contributed by atoms with Crippen molar-refractivity contribution in [2.45, 2.75) is 20.8 Å². The molecule has 126 valence electrons. The van der Waals surface area contributed by atoms with Gasteiger partial charge in [0.2, 0.25) is 0 Å². The van der Waals surface area contributed by atoms with Crippen molar-refractivity contribution in [3.63, 3.8) is 0 Å². The zero-order valence-electron chi connectivity index (χ0n) is 14.1. The van der Waals surface area contributed by atoms with E-state index in [1.54, 1.807) is 12.1 Å². The minimum Gasteiger partial charge on any atom is -0.482 e. The van der Waals surface area contributed by atoms with Crippen molar-refractivity contribution >= 4 is 17.6 Å². The molecule has 0 aliphatic rings. The van der Waals surface area contributed by atoms with Crippen LogP contribution in [-0.2, 0) is 14.3 Å². The second-order valence-electron chi connectivity index (χ2n) is 5.63. The summed E-state index contributed by atoms with van der Waals surface area (Å²) in [5, 5.41) is 2.73. The number of anilines is 1. The number of carbonyl (C=O) groups is 2. The maximum Gasteiger partial charge on any atom is 0.344 e. The summed E-state index contributed by atoms with van der Waals surface area (Å²) in [5.41, 5.74) is 3.81. The van der Waals surface area contributed by atoms with Gasteiger partial charge >= 0.3 is 5.97 Å². The summed E-state index contributed by atoms with van der Waals surface area (Å²) in [6.07, 6.45) is 0. The van der Waals surface area contributed by atoms with Crippen molar-refractivity contribution in [3.05, 3.63) is 59.2 Å². The number of esters is 1. The number of hydrogen-bond donors (Lipinski definition) is 1. The average Bonchev–Trinajstić information content (AvgIpc) is 2.56. The first-order chi connectivity index (χ1) is 11.4. The number of aryl methyl sites for hydroxylation is 3. The highest BCUT2D eigenvalue weighted by Gasteiger charge is 2.10. The molecule has 1 amide bonds. The fourth-order valence-corrected chi connectivity index (χ4v) is 2.02. The third kappa shape index (κ3) is 5.43. The molecular weight excluding hydrogens is 306 g/mol. The topological polar surface area (TPSA) is 64.6 Å². The normalized spacial score (nSPS) is 10.1. The van der Waals surface area contributed by atoms with Gasteiger partial charge in [0.15, 0.2) is 13.2 Å². The number of nitrogens with one attached hydrogen (secondary N) is 1. The zero-order valence-corrected chi connectivity index (χ0v) is 14.1. The van der Waals surface area contributed by atoms with Crippen LogP contribution >= 0.6 is 0 Å². The van der Waals surface area contributed by atoms with E-state index in [2.05, 4.69) is 5.32 Å². The van der Waals surface area contributed by atoms with Crippen molar-refractivity contribution < 1.29 is 19.1 Å².